The molecule has 1 amide bonds. The Morgan fingerprint density at radius 2 is 1.96 bits per heavy atom. The van der Waals surface area contributed by atoms with Gasteiger partial charge in [-0.1, -0.05) is 17.7 Å². The Morgan fingerprint density at radius 1 is 1.28 bits per heavy atom. The van der Waals surface area contributed by atoms with E-state index >= 15 is 0 Å². The van der Waals surface area contributed by atoms with Crippen LogP contribution in [0.4, 0.5) is 13.2 Å². The van der Waals surface area contributed by atoms with Gasteiger partial charge in [-0.15, -0.1) is 0 Å². The van der Waals surface area contributed by atoms with E-state index in [-0.39, 0.29) is 25.3 Å². The summed E-state index contributed by atoms with van der Waals surface area (Å²) in [5.41, 5.74) is -0.843. The van der Waals surface area contributed by atoms with E-state index in [0.29, 0.717) is 0 Å². The fourth-order valence-electron chi connectivity index (χ4n) is 1.83. The quantitative estimate of drug-likeness (QED) is 0.540. The third-order valence-corrected chi connectivity index (χ3v) is 3.47. The maximum Gasteiger partial charge on any atom is 0.417 e. The van der Waals surface area contributed by atoms with Gasteiger partial charge in [-0.25, -0.2) is 0 Å². The van der Waals surface area contributed by atoms with Gasteiger partial charge in [0.15, 0.2) is 0 Å². The zero-order valence-corrected chi connectivity index (χ0v) is 14.4. The van der Waals surface area contributed by atoms with Crippen LogP contribution in [0.5, 0.6) is 0 Å². The van der Waals surface area contributed by atoms with Gasteiger partial charge in [0.2, 0.25) is 5.91 Å². The molecule has 0 fully saturated rings. The molecule has 138 valence electrons. The smallest absolute Gasteiger partial charge is 0.417 e. The molecule has 0 saturated heterocycles. The Labute approximate surface area is 148 Å². The molecule has 0 saturated carbocycles. The topological polar surface area (TPSA) is 55.8 Å². The number of carbonyl (C=O) groups is 2. The van der Waals surface area contributed by atoms with Crippen LogP contribution < -0.4 is 0 Å². The summed E-state index contributed by atoms with van der Waals surface area (Å²) in [6.45, 7) is 0.0242. The molecule has 9 heteroatoms. The van der Waals surface area contributed by atoms with Gasteiger partial charge in [0.1, 0.15) is 6.54 Å². The number of nitrogens with zero attached hydrogens (tertiary/aromatic N) is 1. The molecule has 0 aromatic heterocycles. The second-order valence-electron chi connectivity index (χ2n) is 4.90. The van der Waals surface area contributed by atoms with Crippen molar-refractivity contribution in [1.29, 1.82) is 0 Å². The van der Waals surface area contributed by atoms with Crippen molar-refractivity contribution in [1.82, 2.24) is 4.90 Å². The van der Waals surface area contributed by atoms with Crippen LogP contribution in [0.1, 0.15) is 11.1 Å². The minimum atomic E-state index is -4.60. The summed E-state index contributed by atoms with van der Waals surface area (Å²) in [5, 5.41) is -0.427. The lowest BCUT2D eigenvalue weighted by Gasteiger charge is -2.19. The Hall–Kier alpha value is -2.06. The van der Waals surface area contributed by atoms with E-state index < -0.39 is 28.6 Å². The predicted molar refractivity (Wildman–Crippen MR) is 86.0 cm³/mol. The molecular weight excluding hydrogens is 363 g/mol. The number of alkyl halides is 3. The lowest BCUT2D eigenvalue weighted by Crippen LogP contribution is -2.37. The first kappa shape index (κ1) is 21.0. The molecule has 0 aliphatic heterocycles. The zero-order valence-electron chi connectivity index (χ0n) is 13.6. The first-order chi connectivity index (χ1) is 11.7. The molecule has 1 rings (SSSR count). The van der Waals surface area contributed by atoms with E-state index in [2.05, 4.69) is 4.74 Å². The van der Waals surface area contributed by atoms with E-state index in [1.165, 1.54) is 26.4 Å². The normalized spacial score (nSPS) is 11.6. The summed E-state index contributed by atoms with van der Waals surface area (Å²) in [7, 11) is 2.62. The van der Waals surface area contributed by atoms with Crippen LogP contribution in [0.3, 0.4) is 0 Å². The highest BCUT2D eigenvalue weighted by Gasteiger charge is 2.33. The summed E-state index contributed by atoms with van der Waals surface area (Å²) in [6.07, 6.45) is -2.31. The first-order valence-corrected chi connectivity index (χ1v) is 7.46. The SMILES string of the molecule is COCCN(CC(=O)OC)C(=O)/C=C/c1ccc(Cl)c(C(F)(F)F)c1. The van der Waals surface area contributed by atoms with Gasteiger partial charge in [-0.3, -0.25) is 9.59 Å². The standard InChI is InChI=1S/C16H17ClF3NO4/c1-24-8-7-21(10-15(23)25-2)14(22)6-4-11-3-5-13(17)12(9-11)16(18,19)20/h3-6,9H,7-8,10H2,1-2H3/b6-4+. The molecular formula is C16H17ClF3NO4. The molecule has 0 N–H and O–H groups in total. The van der Waals surface area contributed by atoms with Crippen molar-refractivity contribution in [2.24, 2.45) is 0 Å². The van der Waals surface area contributed by atoms with Gasteiger partial charge in [0.25, 0.3) is 0 Å². The predicted octanol–water partition coefficient (Wildman–Crippen LogP) is 3.02. The zero-order chi connectivity index (χ0) is 19.0. The average molecular weight is 380 g/mol. The molecule has 0 bridgehead atoms. The Kier molecular flexibility index (Phi) is 7.92. The average Bonchev–Trinajstić information content (AvgIpc) is 2.56. The van der Waals surface area contributed by atoms with Gasteiger partial charge in [0.05, 0.1) is 24.3 Å². The molecule has 25 heavy (non-hydrogen) atoms. The second kappa shape index (κ2) is 9.43. The molecule has 1 aromatic carbocycles. The summed E-state index contributed by atoms with van der Waals surface area (Å²) in [4.78, 5) is 24.6. The van der Waals surface area contributed by atoms with Crippen LogP contribution in [-0.2, 0) is 25.2 Å². The van der Waals surface area contributed by atoms with E-state index in [1.54, 1.807) is 0 Å². The highest BCUT2D eigenvalue weighted by atomic mass is 35.5. The largest absolute Gasteiger partial charge is 0.468 e. The molecule has 0 radical (unpaired) electrons. The fourth-order valence-corrected chi connectivity index (χ4v) is 2.05. The van der Waals surface area contributed by atoms with E-state index in [1.807, 2.05) is 0 Å². The maximum atomic E-state index is 12.8. The van der Waals surface area contributed by atoms with E-state index in [0.717, 1.165) is 23.1 Å². The summed E-state index contributed by atoms with van der Waals surface area (Å²) >= 11 is 5.54. The van der Waals surface area contributed by atoms with Crippen molar-refractivity contribution in [2.75, 3.05) is 33.9 Å². The van der Waals surface area contributed by atoms with Gasteiger partial charge >= 0.3 is 12.1 Å². The van der Waals surface area contributed by atoms with E-state index in [4.69, 9.17) is 16.3 Å². The van der Waals surface area contributed by atoms with Gasteiger partial charge < -0.3 is 14.4 Å². The van der Waals surface area contributed by atoms with Crippen molar-refractivity contribution in [3.05, 3.63) is 40.4 Å². The minimum Gasteiger partial charge on any atom is -0.468 e. The van der Waals surface area contributed by atoms with Gasteiger partial charge in [0, 0.05) is 19.7 Å². The lowest BCUT2D eigenvalue weighted by molar-refractivity contribution is -0.145. The van der Waals surface area contributed by atoms with Crippen LogP contribution in [0, 0.1) is 0 Å². The minimum absolute atomic E-state index is 0.128. The number of carbonyl (C=O) groups excluding carboxylic acids is 2. The van der Waals surface area contributed by atoms with Crippen molar-refractivity contribution in [3.63, 3.8) is 0 Å². The number of hydrogen-bond acceptors (Lipinski definition) is 4. The Bertz CT molecular complexity index is 647. The number of ether oxygens (including phenoxy) is 2. The van der Waals surface area contributed by atoms with Crippen molar-refractivity contribution >= 4 is 29.6 Å². The van der Waals surface area contributed by atoms with Gasteiger partial charge in [-0.2, -0.15) is 13.2 Å². The van der Waals surface area contributed by atoms with Crippen molar-refractivity contribution < 1.29 is 32.2 Å². The van der Waals surface area contributed by atoms with Crippen LogP contribution >= 0.6 is 11.6 Å². The van der Waals surface area contributed by atoms with Crippen molar-refractivity contribution in [3.8, 4) is 0 Å². The molecule has 0 aliphatic rings. The highest BCUT2D eigenvalue weighted by Crippen LogP contribution is 2.35. The third kappa shape index (κ3) is 6.75. The number of esters is 1. The Balaban J connectivity index is 2.93. The van der Waals surface area contributed by atoms with Crippen LogP contribution in [0.25, 0.3) is 6.08 Å². The molecule has 0 aliphatic carbocycles. The molecule has 0 unspecified atom stereocenters. The number of rotatable bonds is 7. The molecule has 0 heterocycles. The van der Waals surface area contributed by atoms with Crippen LogP contribution in [-0.4, -0.2) is 50.7 Å². The van der Waals surface area contributed by atoms with Crippen LogP contribution in [0.15, 0.2) is 24.3 Å². The maximum absolute atomic E-state index is 12.8. The Morgan fingerprint density at radius 3 is 2.52 bits per heavy atom. The second-order valence-corrected chi connectivity index (χ2v) is 5.31. The monoisotopic (exact) mass is 379 g/mol. The number of benzene rings is 1. The highest BCUT2D eigenvalue weighted by molar-refractivity contribution is 6.31. The number of hydrogen-bond donors (Lipinski definition) is 0. The van der Waals surface area contributed by atoms with Crippen molar-refractivity contribution in [2.45, 2.75) is 6.18 Å². The lowest BCUT2D eigenvalue weighted by atomic mass is 10.1. The summed E-state index contributed by atoms with van der Waals surface area (Å²) < 4.78 is 47.8. The third-order valence-electron chi connectivity index (χ3n) is 3.14. The number of methoxy groups -OCH3 is 2. The first-order valence-electron chi connectivity index (χ1n) is 7.08. The summed E-state index contributed by atoms with van der Waals surface area (Å²) in [6, 6.07) is 3.29. The fraction of sp³-hybridized carbons (Fsp3) is 0.375. The molecule has 1 aromatic rings. The van der Waals surface area contributed by atoms with E-state index in [9.17, 15) is 22.8 Å². The summed E-state index contributed by atoms with van der Waals surface area (Å²) in [5.74, 6) is -1.19. The number of halogens is 4. The molecule has 0 spiro atoms. The number of amides is 1. The van der Waals surface area contributed by atoms with Crippen LogP contribution in [0.2, 0.25) is 5.02 Å². The molecule has 5 nitrogen and oxygen atoms in total. The molecule has 0 atom stereocenters. The van der Waals surface area contributed by atoms with Gasteiger partial charge in [-0.05, 0) is 23.8 Å².